The summed E-state index contributed by atoms with van der Waals surface area (Å²) in [6.07, 6.45) is -2.42. The second-order valence-electron chi connectivity index (χ2n) is 6.57. The molecule has 0 aliphatic carbocycles. The summed E-state index contributed by atoms with van der Waals surface area (Å²) in [6.45, 7) is 1.82. The summed E-state index contributed by atoms with van der Waals surface area (Å²) in [5, 5.41) is 2.71. The van der Waals surface area contributed by atoms with Gasteiger partial charge in [0, 0.05) is 18.0 Å². The van der Waals surface area contributed by atoms with E-state index in [0.717, 1.165) is 5.56 Å². The van der Waals surface area contributed by atoms with Crippen molar-refractivity contribution < 1.29 is 13.2 Å². The second kappa shape index (κ2) is 12.9. The van der Waals surface area contributed by atoms with Crippen LogP contribution in [-0.2, 0) is 6.18 Å². The standard InChI is InChI=1S/C10H7ClF3N5.C5H4Cl2N2.C5H7N3/c11-9-16-4-5(10(12,13)14)8(19-9)18-7-3-1-2-6(15)17-7;1-3-2-8-5(7)9-4(3)6;6-4-2-1-3-5(7)8-4/h1-4H,(H3,15,16,17,18,19);2H,1H3;1-3H,(H4,6,7,8). The highest BCUT2D eigenvalue weighted by molar-refractivity contribution is 6.32. The van der Waals surface area contributed by atoms with Gasteiger partial charge in [0.1, 0.15) is 39.8 Å². The van der Waals surface area contributed by atoms with E-state index in [1.165, 1.54) is 12.1 Å². The van der Waals surface area contributed by atoms with Crippen molar-refractivity contribution in [3.8, 4) is 0 Å². The fourth-order valence-electron chi connectivity index (χ4n) is 2.18. The molecular weight excluding hydrogens is 544 g/mol. The minimum absolute atomic E-state index is 0.125. The van der Waals surface area contributed by atoms with Gasteiger partial charge in [-0.1, -0.05) is 23.7 Å². The predicted molar refractivity (Wildman–Crippen MR) is 134 cm³/mol. The van der Waals surface area contributed by atoms with Crippen molar-refractivity contribution in [2.75, 3.05) is 22.5 Å². The van der Waals surface area contributed by atoms with Crippen LogP contribution in [0.25, 0.3) is 0 Å². The number of nitrogen functional groups attached to an aromatic ring is 3. The number of nitrogens with one attached hydrogen (secondary N) is 1. The van der Waals surface area contributed by atoms with E-state index in [9.17, 15) is 13.2 Å². The number of aromatic nitrogens is 6. The molecule has 0 fully saturated rings. The Hall–Kier alpha value is -3.68. The van der Waals surface area contributed by atoms with E-state index in [1.54, 1.807) is 30.5 Å². The van der Waals surface area contributed by atoms with Gasteiger partial charge in [-0.2, -0.15) is 18.2 Å². The maximum absolute atomic E-state index is 12.8. The summed E-state index contributed by atoms with van der Waals surface area (Å²) in [6, 6.07) is 9.64. The lowest BCUT2D eigenvalue weighted by Crippen LogP contribution is -2.12. The van der Waals surface area contributed by atoms with Gasteiger partial charge in [0.05, 0.1) is 0 Å². The Morgan fingerprint density at radius 3 is 1.75 bits per heavy atom. The third-order valence-corrected chi connectivity index (χ3v) is 4.50. The lowest BCUT2D eigenvalue weighted by Gasteiger charge is -2.12. The zero-order valence-corrected chi connectivity index (χ0v) is 20.6. The van der Waals surface area contributed by atoms with Crippen LogP contribution in [0.2, 0.25) is 15.7 Å². The van der Waals surface area contributed by atoms with Gasteiger partial charge >= 0.3 is 6.18 Å². The molecule has 36 heavy (non-hydrogen) atoms. The first kappa shape index (κ1) is 28.6. The van der Waals surface area contributed by atoms with Gasteiger partial charge in [-0.25, -0.2) is 24.9 Å². The Balaban J connectivity index is 0.000000221. The van der Waals surface area contributed by atoms with Crippen molar-refractivity contribution in [3.05, 3.63) is 75.6 Å². The number of hydrogen-bond donors (Lipinski definition) is 4. The van der Waals surface area contributed by atoms with Gasteiger partial charge in [-0.05, 0) is 54.4 Å². The van der Waals surface area contributed by atoms with Crippen molar-refractivity contribution >= 4 is 63.9 Å². The molecule has 0 aromatic carbocycles. The molecule has 16 heteroatoms. The van der Waals surface area contributed by atoms with Crippen LogP contribution in [0, 0.1) is 6.92 Å². The molecular formula is C20H18Cl3F3N10. The smallest absolute Gasteiger partial charge is 0.384 e. The molecule has 0 aliphatic rings. The summed E-state index contributed by atoms with van der Waals surface area (Å²) < 4.78 is 38.3. The summed E-state index contributed by atoms with van der Waals surface area (Å²) in [7, 11) is 0. The molecule has 0 radical (unpaired) electrons. The molecule has 7 N–H and O–H groups in total. The summed E-state index contributed by atoms with van der Waals surface area (Å²) in [4.78, 5) is 21.8. The molecule has 0 spiro atoms. The number of halogens is 6. The average Bonchev–Trinajstić information content (AvgIpc) is 2.76. The van der Waals surface area contributed by atoms with E-state index in [0.29, 0.717) is 23.0 Å². The van der Waals surface area contributed by atoms with Crippen molar-refractivity contribution in [1.82, 2.24) is 29.9 Å². The Morgan fingerprint density at radius 1 is 0.750 bits per heavy atom. The highest BCUT2D eigenvalue weighted by Crippen LogP contribution is 2.34. The van der Waals surface area contributed by atoms with Crippen LogP contribution in [0.4, 0.5) is 42.3 Å². The first-order valence-corrected chi connectivity index (χ1v) is 10.7. The minimum Gasteiger partial charge on any atom is -0.384 e. The van der Waals surface area contributed by atoms with Crippen LogP contribution in [0.5, 0.6) is 0 Å². The zero-order valence-electron chi connectivity index (χ0n) is 18.3. The molecule has 0 saturated heterocycles. The summed E-state index contributed by atoms with van der Waals surface area (Å²) in [5.74, 6) is 0.736. The van der Waals surface area contributed by atoms with E-state index in [1.807, 2.05) is 6.92 Å². The van der Waals surface area contributed by atoms with Crippen molar-refractivity contribution in [2.24, 2.45) is 0 Å². The molecule has 0 bridgehead atoms. The van der Waals surface area contributed by atoms with Gasteiger partial charge in [-0.3, -0.25) is 0 Å². The lowest BCUT2D eigenvalue weighted by molar-refractivity contribution is -0.137. The Morgan fingerprint density at radius 2 is 1.28 bits per heavy atom. The molecule has 190 valence electrons. The molecule has 0 unspecified atom stereocenters. The lowest BCUT2D eigenvalue weighted by atomic mass is 10.3. The normalized spacial score (nSPS) is 10.4. The van der Waals surface area contributed by atoms with E-state index >= 15 is 0 Å². The van der Waals surface area contributed by atoms with Gasteiger partial charge in [0.25, 0.3) is 0 Å². The Bertz CT molecular complexity index is 1290. The highest BCUT2D eigenvalue weighted by Gasteiger charge is 2.35. The predicted octanol–water partition coefficient (Wildman–Crippen LogP) is 5.21. The molecule has 0 aliphatic heterocycles. The molecule has 4 heterocycles. The third kappa shape index (κ3) is 9.52. The number of nitrogens with zero attached hydrogens (tertiary/aromatic N) is 6. The van der Waals surface area contributed by atoms with Gasteiger partial charge < -0.3 is 22.5 Å². The number of aryl methyl sites for hydroxylation is 1. The molecule has 0 saturated carbocycles. The van der Waals surface area contributed by atoms with Crippen LogP contribution in [0.15, 0.2) is 48.8 Å². The van der Waals surface area contributed by atoms with E-state index in [-0.39, 0.29) is 22.2 Å². The topological polar surface area (TPSA) is 167 Å². The molecule has 10 nitrogen and oxygen atoms in total. The fourth-order valence-corrected chi connectivity index (χ4v) is 2.61. The number of rotatable bonds is 2. The second-order valence-corrected chi connectivity index (χ2v) is 7.61. The SMILES string of the molecule is Cc1cnc(Cl)nc1Cl.Nc1cccc(N)n1.Nc1cccc(Nc2nc(Cl)ncc2C(F)(F)F)n1. The summed E-state index contributed by atoms with van der Waals surface area (Å²) >= 11 is 16.5. The van der Waals surface area contributed by atoms with Crippen LogP contribution in [0.3, 0.4) is 0 Å². The molecule has 0 atom stereocenters. The van der Waals surface area contributed by atoms with Crippen LogP contribution < -0.4 is 22.5 Å². The van der Waals surface area contributed by atoms with Gasteiger partial charge in [0.15, 0.2) is 0 Å². The first-order valence-electron chi connectivity index (χ1n) is 9.57. The maximum Gasteiger partial charge on any atom is 0.421 e. The van der Waals surface area contributed by atoms with Gasteiger partial charge in [0.2, 0.25) is 10.6 Å². The van der Waals surface area contributed by atoms with E-state index in [2.05, 4.69) is 35.2 Å². The van der Waals surface area contributed by atoms with Crippen LogP contribution in [0.1, 0.15) is 11.1 Å². The van der Waals surface area contributed by atoms with Crippen molar-refractivity contribution in [2.45, 2.75) is 13.1 Å². The zero-order chi connectivity index (χ0) is 26.9. The summed E-state index contributed by atoms with van der Waals surface area (Å²) in [5.41, 5.74) is 15.8. The van der Waals surface area contributed by atoms with E-state index < -0.39 is 17.6 Å². The quantitative estimate of drug-likeness (QED) is 0.188. The molecule has 4 rings (SSSR count). The third-order valence-electron chi connectivity index (χ3n) is 3.75. The highest BCUT2D eigenvalue weighted by atomic mass is 35.5. The number of hydrogen-bond acceptors (Lipinski definition) is 10. The maximum atomic E-state index is 12.8. The largest absolute Gasteiger partial charge is 0.421 e. The molecule has 4 aromatic heterocycles. The number of pyridine rings is 2. The van der Waals surface area contributed by atoms with Crippen molar-refractivity contribution in [1.29, 1.82) is 0 Å². The first-order chi connectivity index (χ1) is 16.8. The van der Waals surface area contributed by atoms with Crippen molar-refractivity contribution in [3.63, 3.8) is 0 Å². The molecule has 4 aromatic rings. The monoisotopic (exact) mass is 560 g/mol. The van der Waals surface area contributed by atoms with Crippen LogP contribution >= 0.6 is 34.8 Å². The van der Waals surface area contributed by atoms with E-state index in [4.69, 9.17) is 52.0 Å². The molecule has 0 amide bonds. The van der Waals surface area contributed by atoms with Gasteiger partial charge in [-0.15, -0.1) is 0 Å². The minimum atomic E-state index is -4.60. The number of nitrogens with two attached hydrogens (primary N) is 3. The Kier molecular flexibility index (Phi) is 10.2. The number of alkyl halides is 3. The van der Waals surface area contributed by atoms with Crippen LogP contribution in [-0.4, -0.2) is 29.9 Å². The fraction of sp³-hybridized carbons (Fsp3) is 0.100. The number of anilines is 5. The Labute approximate surface area is 218 Å². The average molecular weight is 562 g/mol.